The lowest BCUT2D eigenvalue weighted by Gasteiger charge is -2.26. The number of para-hydroxylation sites is 2. The van der Waals surface area contributed by atoms with Crippen molar-refractivity contribution in [3.63, 3.8) is 0 Å². The Morgan fingerprint density at radius 2 is 1.70 bits per heavy atom. The molecule has 0 aromatic heterocycles. The van der Waals surface area contributed by atoms with Gasteiger partial charge in [-0.3, -0.25) is 0 Å². The highest BCUT2D eigenvalue weighted by atomic mass is 16.5. The van der Waals surface area contributed by atoms with Crippen molar-refractivity contribution in [2.24, 2.45) is 5.73 Å². The Morgan fingerprint density at radius 1 is 1.05 bits per heavy atom. The molecule has 0 heterocycles. The van der Waals surface area contributed by atoms with Crippen molar-refractivity contribution in [1.82, 2.24) is 0 Å². The first kappa shape index (κ1) is 14.4. The molecule has 2 N–H and O–H groups in total. The molecule has 2 rings (SSSR count). The number of methoxy groups -OCH3 is 1. The van der Waals surface area contributed by atoms with Gasteiger partial charge in [-0.05, 0) is 17.7 Å². The first-order valence-corrected chi connectivity index (χ1v) is 6.85. The van der Waals surface area contributed by atoms with E-state index in [0.717, 1.165) is 18.0 Å². The lowest BCUT2D eigenvalue weighted by atomic mass is 9.98. The van der Waals surface area contributed by atoms with Crippen LogP contribution in [0.5, 0.6) is 5.75 Å². The van der Waals surface area contributed by atoms with E-state index in [9.17, 15) is 0 Å². The number of hydrogen-bond donors (Lipinski definition) is 1. The van der Waals surface area contributed by atoms with E-state index in [4.69, 9.17) is 10.5 Å². The largest absolute Gasteiger partial charge is 0.495 e. The summed E-state index contributed by atoms with van der Waals surface area (Å²) < 4.78 is 5.41. The van der Waals surface area contributed by atoms with Crippen LogP contribution in [0.2, 0.25) is 0 Å². The van der Waals surface area contributed by atoms with Gasteiger partial charge in [-0.2, -0.15) is 0 Å². The maximum Gasteiger partial charge on any atom is 0.142 e. The fourth-order valence-electron chi connectivity index (χ4n) is 2.42. The summed E-state index contributed by atoms with van der Waals surface area (Å²) in [5.74, 6) is 1.20. The second-order valence-electron chi connectivity index (χ2n) is 4.90. The minimum Gasteiger partial charge on any atom is -0.495 e. The predicted octanol–water partition coefficient (Wildman–Crippen LogP) is 2.87. The Bertz CT molecular complexity index is 528. The maximum atomic E-state index is 5.94. The highest BCUT2D eigenvalue weighted by Crippen LogP contribution is 2.28. The summed E-state index contributed by atoms with van der Waals surface area (Å²) >= 11 is 0. The molecule has 0 radical (unpaired) electrons. The third-order valence-electron chi connectivity index (χ3n) is 3.55. The van der Waals surface area contributed by atoms with Gasteiger partial charge in [0.1, 0.15) is 5.75 Å². The van der Waals surface area contributed by atoms with Crippen LogP contribution >= 0.6 is 0 Å². The zero-order chi connectivity index (χ0) is 14.4. The summed E-state index contributed by atoms with van der Waals surface area (Å²) in [6.07, 6.45) is 0. The summed E-state index contributed by atoms with van der Waals surface area (Å²) in [6, 6.07) is 18.5. The van der Waals surface area contributed by atoms with Crippen LogP contribution in [0.1, 0.15) is 11.5 Å². The zero-order valence-corrected chi connectivity index (χ0v) is 12.1. The molecule has 0 saturated carbocycles. The Labute approximate surface area is 121 Å². The minimum absolute atomic E-state index is 0.311. The number of nitrogens with two attached hydrogens (primary N) is 1. The summed E-state index contributed by atoms with van der Waals surface area (Å²) in [5.41, 5.74) is 8.31. The molecule has 2 aromatic rings. The molecular formula is C17H22N2O. The van der Waals surface area contributed by atoms with Gasteiger partial charge >= 0.3 is 0 Å². The molecule has 20 heavy (non-hydrogen) atoms. The normalized spacial score (nSPS) is 11.9. The molecular weight excluding hydrogens is 248 g/mol. The van der Waals surface area contributed by atoms with E-state index >= 15 is 0 Å². The van der Waals surface area contributed by atoms with Gasteiger partial charge in [0.15, 0.2) is 0 Å². The molecule has 0 aliphatic heterocycles. The maximum absolute atomic E-state index is 5.94. The van der Waals surface area contributed by atoms with E-state index in [-0.39, 0.29) is 0 Å². The van der Waals surface area contributed by atoms with Gasteiger partial charge < -0.3 is 15.4 Å². The predicted molar refractivity (Wildman–Crippen MR) is 84.5 cm³/mol. The summed E-state index contributed by atoms with van der Waals surface area (Å²) in [6.45, 7) is 1.49. The quantitative estimate of drug-likeness (QED) is 0.877. The molecule has 0 spiro atoms. The van der Waals surface area contributed by atoms with Crippen molar-refractivity contribution < 1.29 is 4.74 Å². The van der Waals surface area contributed by atoms with Gasteiger partial charge in [0.05, 0.1) is 12.8 Å². The van der Waals surface area contributed by atoms with Crippen LogP contribution in [-0.4, -0.2) is 27.2 Å². The van der Waals surface area contributed by atoms with Gasteiger partial charge in [0, 0.05) is 26.1 Å². The Kier molecular flexibility index (Phi) is 5.02. The molecule has 0 fully saturated rings. The Hall–Kier alpha value is -2.00. The smallest absolute Gasteiger partial charge is 0.142 e. The number of nitrogens with zero attached hydrogens (tertiary/aromatic N) is 1. The van der Waals surface area contributed by atoms with Crippen molar-refractivity contribution >= 4 is 5.69 Å². The lowest BCUT2D eigenvalue weighted by Crippen LogP contribution is -2.28. The number of anilines is 1. The molecule has 2 aromatic carbocycles. The van der Waals surface area contributed by atoms with Crippen LogP contribution in [0.25, 0.3) is 0 Å². The summed E-state index contributed by atoms with van der Waals surface area (Å²) in [4.78, 5) is 2.20. The highest BCUT2D eigenvalue weighted by Gasteiger charge is 2.14. The topological polar surface area (TPSA) is 38.5 Å². The monoisotopic (exact) mass is 270 g/mol. The molecule has 1 atom stereocenters. The van der Waals surface area contributed by atoms with Crippen LogP contribution in [0, 0.1) is 0 Å². The van der Waals surface area contributed by atoms with Gasteiger partial charge in [-0.1, -0.05) is 42.5 Å². The van der Waals surface area contributed by atoms with Crippen LogP contribution in [-0.2, 0) is 0 Å². The van der Waals surface area contributed by atoms with Crippen molar-refractivity contribution in [2.75, 3.05) is 32.1 Å². The second-order valence-corrected chi connectivity index (χ2v) is 4.90. The average molecular weight is 270 g/mol. The third-order valence-corrected chi connectivity index (χ3v) is 3.55. The van der Waals surface area contributed by atoms with Crippen LogP contribution in [0.15, 0.2) is 54.6 Å². The molecule has 0 bridgehead atoms. The van der Waals surface area contributed by atoms with Crippen molar-refractivity contribution in [3.05, 3.63) is 60.2 Å². The van der Waals surface area contributed by atoms with Crippen molar-refractivity contribution in [3.8, 4) is 5.75 Å². The van der Waals surface area contributed by atoms with E-state index in [0.29, 0.717) is 12.5 Å². The first-order valence-electron chi connectivity index (χ1n) is 6.85. The summed E-state index contributed by atoms with van der Waals surface area (Å²) in [7, 11) is 3.77. The van der Waals surface area contributed by atoms with Crippen LogP contribution in [0.4, 0.5) is 5.69 Å². The fraction of sp³-hybridized carbons (Fsp3) is 0.294. The standard InChI is InChI=1S/C17H22N2O/c1-19(16-10-6-7-11-17(16)20-2)13-15(12-18)14-8-4-3-5-9-14/h3-11,15H,12-13,18H2,1-2H3. The van der Waals surface area contributed by atoms with Crippen molar-refractivity contribution in [2.45, 2.75) is 5.92 Å². The van der Waals surface area contributed by atoms with Crippen LogP contribution in [0.3, 0.4) is 0 Å². The Morgan fingerprint density at radius 3 is 2.35 bits per heavy atom. The van der Waals surface area contributed by atoms with Gasteiger partial charge in [0.25, 0.3) is 0 Å². The molecule has 0 amide bonds. The second kappa shape index (κ2) is 6.96. The molecule has 0 saturated heterocycles. The van der Waals surface area contributed by atoms with Gasteiger partial charge in [-0.15, -0.1) is 0 Å². The van der Waals surface area contributed by atoms with Crippen molar-refractivity contribution in [1.29, 1.82) is 0 Å². The number of hydrogen-bond acceptors (Lipinski definition) is 3. The highest BCUT2D eigenvalue weighted by molar-refractivity contribution is 5.58. The summed E-state index contributed by atoms with van der Waals surface area (Å²) in [5, 5.41) is 0. The third kappa shape index (κ3) is 3.31. The van der Waals surface area contributed by atoms with E-state index in [1.165, 1.54) is 5.56 Å². The van der Waals surface area contributed by atoms with E-state index in [1.54, 1.807) is 7.11 Å². The first-order chi connectivity index (χ1) is 9.76. The molecule has 3 heteroatoms. The molecule has 1 unspecified atom stereocenters. The minimum atomic E-state index is 0.311. The fourth-order valence-corrected chi connectivity index (χ4v) is 2.42. The van der Waals surface area contributed by atoms with E-state index < -0.39 is 0 Å². The number of rotatable bonds is 6. The number of likely N-dealkylation sites (N-methyl/N-ethyl adjacent to an activating group) is 1. The Balaban J connectivity index is 2.15. The molecule has 106 valence electrons. The average Bonchev–Trinajstić information content (AvgIpc) is 2.53. The van der Waals surface area contributed by atoms with E-state index in [1.807, 2.05) is 24.3 Å². The molecule has 3 nitrogen and oxygen atoms in total. The number of benzene rings is 2. The molecule has 0 aliphatic carbocycles. The van der Waals surface area contributed by atoms with E-state index in [2.05, 4.69) is 42.3 Å². The SMILES string of the molecule is COc1ccccc1N(C)CC(CN)c1ccccc1. The van der Waals surface area contributed by atoms with Gasteiger partial charge in [0.2, 0.25) is 0 Å². The van der Waals surface area contributed by atoms with Gasteiger partial charge in [-0.25, -0.2) is 0 Å². The zero-order valence-electron chi connectivity index (χ0n) is 12.1. The van der Waals surface area contributed by atoms with Crippen LogP contribution < -0.4 is 15.4 Å². The number of ether oxygens (including phenoxy) is 1. The lowest BCUT2D eigenvalue weighted by molar-refractivity contribution is 0.414. The molecule has 0 aliphatic rings.